The fraction of sp³-hybridized carbons (Fsp3) is 0. The molecule has 0 fully saturated rings. The smallest absolute Gasteiger partial charge is 0.149 e. The summed E-state index contributed by atoms with van der Waals surface area (Å²) in [5.74, 6) is 0. The summed E-state index contributed by atoms with van der Waals surface area (Å²) in [7, 11) is 0. The lowest BCUT2D eigenvalue weighted by Crippen LogP contribution is -1.93. The van der Waals surface area contributed by atoms with Gasteiger partial charge in [-0.2, -0.15) is 0 Å². The van der Waals surface area contributed by atoms with Gasteiger partial charge in [-0.1, -0.05) is 97.1 Å². The molecule has 0 radical (unpaired) electrons. The molecule has 0 unspecified atom stereocenters. The van der Waals surface area contributed by atoms with Crippen LogP contribution in [-0.2, 0) is 0 Å². The van der Waals surface area contributed by atoms with Crippen molar-refractivity contribution in [1.29, 1.82) is 0 Å². The number of nitrogens with one attached hydrogen (secondary N) is 1. The molecule has 0 atom stereocenters. The van der Waals surface area contributed by atoms with Gasteiger partial charge in [0, 0.05) is 63.4 Å². The van der Waals surface area contributed by atoms with Crippen molar-refractivity contribution in [2.45, 2.75) is 0 Å². The Balaban J connectivity index is 0.000000112. The van der Waals surface area contributed by atoms with Crippen molar-refractivity contribution < 1.29 is 8.83 Å². The van der Waals surface area contributed by atoms with E-state index in [4.69, 9.17) is 8.83 Å². The number of hydrogen-bond acceptors (Lipinski definition) is 2. The van der Waals surface area contributed by atoms with Crippen LogP contribution >= 0.6 is 54.5 Å². The molecule has 0 aliphatic carbocycles. The summed E-state index contributed by atoms with van der Waals surface area (Å²) < 4.78 is 17.4. The van der Waals surface area contributed by atoms with E-state index in [-0.39, 0.29) is 0 Å². The summed E-state index contributed by atoms with van der Waals surface area (Å²) in [6, 6.07) is 58.8. The molecule has 12 rings (SSSR count). The highest BCUT2D eigenvalue weighted by atomic mass is 127. The monoisotopic (exact) mass is 950 g/mol. The SMILES string of the molecule is Brc1cccc2c1oc1ccc(-n3c4ccccc4c4ccccc43)cc12.Brc1cccc2c1oc1ccc(I)cc12.c1ccc2c(c1)[nH]c1ccccc12. The molecule has 0 aliphatic heterocycles. The third-order valence-electron chi connectivity index (χ3n) is 10.1. The second-order valence-corrected chi connectivity index (χ2v) is 16.3. The second kappa shape index (κ2) is 14.1. The Labute approximate surface area is 345 Å². The van der Waals surface area contributed by atoms with Gasteiger partial charge in [0.05, 0.1) is 20.0 Å². The molecule has 8 aromatic carbocycles. The van der Waals surface area contributed by atoms with Crippen molar-refractivity contribution >= 4 is 142 Å². The zero-order valence-corrected chi connectivity index (χ0v) is 34.4. The maximum absolute atomic E-state index is 6.07. The minimum absolute atomic E-state index is 0.895. The van der Waals surface area contributed by atoms with Crippen LogP contribution < -0.4 is 0 Å². The number of nitrogens with zero attached hydrogens (tertiary/aromatic N) is 1. The first-order chi connectivity index (χ1) is 27.0. The van der Waals surface area contributed by atoms with E-state index in [9.17, 15) is 0 Å². The molecule has 12 aromatic rings. The van der Waals surface area contributed by atoms with Gasteiger partial charge in [0.15, 0.2) is 0 Å². The highest BCUT2D eigenvalue weighted by molar-refractivity contribution is 14.1. The number of para-hydroxylation sites is 6. The Kier molecular flexibility index (Phi) is 8.73. The van der Waals surface area contributed by atoms with Crippen molar-refractivity contribution in [3.8, 4) is 5.69 Å². The minimum atomic E-state index is 0.895. The largest absolute Gasteiger partial charge is 0.455 e. The molecule has 7 heteroatoms. The number of hydrogen-bond donors (Lipinski definition) is 1. The molecule has 0 spiro atoms. The lowest BCUT2D eigenvalue weighted by Gasteiger charge is -2.07. The molecule has 0 amide bonds. The Morgan fingerprint density at radius 3 is 1.44 bits per heavy atom. The van der Waals surface area contributed by atoms with Gasteiger partial charge >= 0.3 is 0 Å². The zero-order valence-electron chi connectivity index (χ0n) is 29.1. The maximum atomic E-state index is 6.07. The fourth-order valence-corrected chi connectivity index (χ4v) is 9.01. The van der Waals surface area contributed by atoms with Crippen LogP contribution in [0.4, 0.5) is 0 Å². The van der Waals surface area contributed by atoms with Crippen molar-refractivity contribution in [3.05, 3.63) is 182 Å². The molecule has 0 saturated heterocycles. The molecular weight excluding hydrogens is 923 g/mol. The zero-order chi connectivity index (χ0) is 37.0. The summed E-state index contributed by atoms with van der Waals surface area (Å²) in [5, 5.41) is 9.75. The van der Waals surface area contributed by atoms with E-state index in [1.54, 1.807) is 0 Å². The number of halogens is 3. The predicted molar refractivity (Wildman–Crippen MR) is 246 cm³/mol. The topological polar surface area (TPSA) is 47.0 Å². The van der Waals surface area contributed by atoms with E-state index >= 15 is 0 Å². The minimum Gasteiger partial charge on any atom is -0.455 e. The molecule has 55 heavy (non-hydrogen) atoms. The summed E-state index contributed by atoms with van der Waals surface area (Å²) in [6.07, 6.45) is 0. The van der Waals surface area contributed by atoms with E-state index in [0.717, 1.165) is 53.1 Å². The van der Waals surface area contributed by atoms with Crippen molar-refractivity contribution in [3.63, 3.8) is 0 Å². The number of aromatic amines is 1. The van der Waals surface area contributed by atoms with E-state index < -0.39 is 0 Å². The maximum Gasteiger partial charge on any atom is 0.149 e. The number of fused-ring (bicyclic) bond motifs is 12. The highest BCUT2D eigenvalue weighted by Gasteiger charge is 2.15. The first-order valence-corrected chi connectivity index (χ1v) is 20.5. The first-order valence-electron chi connectivity index (χ1n) is 17.8. The van der Waals surface area contributed by atoms with Gasteiger partial charge in [0.1, 0.15) is 22.3 Å². The molecule has 4 heterocycles. The molecule has 4 nitrogen and oxygen atoms in total. The lowest BCUT2D eigenvalue weighted by molar-refractivity contribution is 0.666. The number of aromatic nitrogens is 2. The summed E-state index contributed by atoms with van der Waals surface area (Å²) in [4.78, 5) is 3.38. The van der Waals surface area contributed by atoms with Crippen LogP contribution in [0.5, 0.6) is 0 Å². The Bertz CT molecular complexity index is 3290. The van der Waals surface area contributed by atoms with Crippen molar-refractivity contribution in [1.82, 2.24) is 9.55 Å². The summed E-state index contributed by atoms with van der Waals surface area (Å²) in [6.45, 7) is 0. The molecule has 0 saturated carbocycles. The first kappa shape index (κ1) is 34.2. The summed E-state index contributed by atoms with van der Waals surface area (Å²) >= 11 is 9.41. The summed E-state index contributed by atoms with van der Waals surface area (Å²) in [5.41, 5.74) is 9.66. The second-order valence-electron chi connectivity index (χ2n) is 13.3. The van der Waals surface area contributed by atoms with Crippen LogP contribution in [0.3, 0.4) is 0 Å². The van der Waals surface area contributed by atoms with E-state index in [2.05, 4.69) is 210 Å². The number of furan rings is 2. The van der Waals surface area contributed by atoms with E-state index in [1.165, 1.54) is 52.6 Å². The van der Waals surface area contributed by atoms with Gasteiger partial charge in [-0.3, -0.25) is 0 Å². The van der Waals surface area contributed by atoms with Crippen molar-refractivity contribution in [2.24, 2.45) is 0 Å². The van der Waals surface area contributed by atoms with Gasteiger partial charge in [0.2, 0.25) is 0 Å². The standard InChI is InChI=1S/C24H14BrNO.C12H6BrIO.C12H9N/c25-20-9-5-8-18-19-14-15(12-13-23(19)27-24(18)20)26-21-10-3-1-6-16(21)17-7-2-4-11-22(17)26;13-10-3-1-2-8-9-6-7(14)4-5-11(9)15-12(8)10;1-3-7-11-9(5-1)10-6-2-4-8-12(10)13-11/h1-14H;1-6H;1-8,13H. The van der Waals surface area contributed by atoms with Crippen LogP contribution in [-0.4, -0.2) is 9.55 Å². The molecule has 4 aromatic heterocycles. The van der Waals surface area contributed by atoms with Crippen LogP contribution in [0.2, 0.25) is 0 Å². The molecule has 264 valence electrons. The van der Waals surface area contributed by atoms with Gasteiger partial charge in [0.25, 0.3) is 0 Å². The molecular formula is C48H29Br2IN2O2. The molecule has 1 N–H and O–H groups in total. The number of H-pyrrole nitrogens is 1. The third kappa shape index (κ3) is 6.02. The Morgan fingerprint density at radius 1 is 0.418 bits per heavy atom. The number of benzene rings is 8. The highest BCUT2D eigenvalue weighted by Crippen LogP contribution is 2.38. The Hall–Kier alpha value is -5.35. The molecule has 0 aliphatic rings. The van der Waals surface area contributed by atoms with Crippen LogP contribution in [0, 0.1) is 3.57 Å². The van der Waals surface area contributed by atoms with Gasteiger partial charge < -0.3 is 18.4 Å². The fourth-order valence-electron chi connectivity index (χ4n) is 7.63. The quantitative estimate of drug-likeness (QED) is 0.167. The third-order valence-corrected chi connectivity index (χ3v) is 12.0. The van der Waals surface area contributed by atoms with E-state index in [1.807, 2.05) is 24.3 Å². The lowest BCUT2D eigenvalue weighted by atomic mass is 10.1. The average Bonchev–Trinajstić information content (AvgIpc) is 3.98. The van der Waals surface area contributed by atoms with Gasteiger partial charge in [-0.25, -0.2) is 0 Å². The van der Waals surface area contributed by atoms with Crippen LogP contribution in [0.25, 0.3) is 93.2 Å². The van der Waals surface area contributed by atoms with Crippen LogP contribution in [0.1, 0.15) is 0 Å². The Morgan fingerprint density at radius 2 is 0.873 bits per heavy atom. The average molecular weight is 952 g/mol. The van der Waals surface area contributed by atoms with Gasteiger partial charge in [-0.05, 0) is 127 Å². The normalized spacial score (nSPS) is 11.5. The van der Waals surface area contributed by atoms with Crippen LogP contribution in [0.15, 0.2) is 188 Å². The number of rotatable bonds is 1. The van der Waals surface area contributed by atoms with E-state index in [0.29, 0.717) is 0 Å². The van der Waals surface area contributed by atoms with Crippen molar-refractivity contribution in [2.75, 3.05) is 0 Å². The predicted octanol–water partition coefficient (Wildman–Crippen LogP) is 15.7. The van der Waals surface area contributed by atoms with Gasteiger partial charge in [-0.15, -0.1) is 0 Å². The molecule has 0 bridgehead atoms.